The lowest BCUT2D eigenvalue weighted by Crippen LogP contribution is -2.44. The van der Waals surface area contributed by atoms with Crippen LogP contribution in [-0.2, 0) is 11.3 Å². The Kier molecular flexibility index (Phi) is 5.33. The number of methoxy groups -OCH3 is 1. The van der Waals surface area contributed by atoms with E-state index in [4.69, 9.17) is 30.8 Å². The minimum Gasteiger partial charge on any atom is -0.497 e. The van der Waals surface area contributed by atoms with E-state index >= 15 is 0 Å². The second-order valence-corrected chi connectivity index (χ2v) is 7.52. The van der Waals surface area contributed by atoms with E-state index in [0.29, 0.717) is 30.5 Å². The fourth-order valence-corrected chi connectivity index (χ4v) is 4.05. The first-order valence-electron chi connectivity index (χ1n) is 8.71. The molecular weight excluding hydrogens is 386 g/mol. The van der Waals surface area contributed by atoms with Gasteiger partial charge < -0.3 is 19.1 Å². The maximum atomic E-state index is 6.27. The molecule has 27 heavy (non-hydrogen) atoms. The number of hydrogen-bond acceptors (Lipinski definition) is 7. The number of morpholine rings is 1. The molecule has 0 N–H and O–H groups in total. The molecule has 1 aromatic carbocycles. The molecule has 1 aliphatic rings. The number of rotatable bonds is 5. The molecular formula is C19H20ClN3O3S. The highest BCUT2D eigenvalue weighted by Gasteiger charge is 2.23. The van der Waals surface area contributed by atoms with Crippen LogP contribution in [0, 0.1) is 0 Å². The van der Waals surface area contributed by atoms with Crippen molar-refractivity contribution in [2.24, 2.45) is 0 Å². The molecule has 3 aromatic rings. The van der Waals surface area contributed by atoms with E-state index in [-0.39, 0.29) is 6.04 Å². The third kappa shape index (κ3) is 3.81. The molecule has 3 heterocycles. The number of ether oxygens (including phenoxy) is 3. The number of aromatic nitrogens is 2. The lowest BCUT2D eigenvalue weighted by molar-refractivity contribution is 0.0985. The maximum Gasteiger partial charge on any atom is 0.169 e. The van der Waals surface area contributed by atoms with Crippen molar-refractivity contribution in [1.29, 1.82) is 0 Å². The Labute approximate surface area is 166 Å². The van der Waals surface area contributed by atoms with Crippen LogP contribution in [0.15, 0.2) is 30.3 Å². The summed E-state index contributed by atoms with van der Waals surface area (Å²) in [5, 5.41) is 0.409. The van der Waals surface area contributed by atoms with E-state index in [1.165, 1.54) is 11.5 Å². The van der Waals surface area contributed by atoms with Gasteiger partial charge in [-0.2, -0.15) is 4.37 Å². The number of pyridine rings is 1. The van der Waals surface area contributed by atoms with E-state index in [1.54, 1.807) is 7.11 Å². The minimum absolute atomic E-state index is 0.239. The summed E-state index contributed by atoms with van der Waals surface area (Å²) in [5.41, 5.74) is 1.74. The van der Waals surface area contributed by atoms with Gasteiger partial charge in [0.15, 0.2) is 5.15 Å². The zero-order valence-electron chi connectivity index (χ0n) is 15.1. The van der Waals surface area contributed by atoms with Crippen molar-refractivity contribution in [3.63, 3.8) is 0 Å². The first-order chi connectivity index (χ1) is 13.2. The predicted octanol–water partition coefficient (Wildman–Crippen LogP) is 4.16. The van der Waals surface area contributed by atoms with E-state index in [9.17, 15) is 0 Å². The summed E-state index contributed by atoms with van der Waals surface area (Å²) in [7, 11) is 1.65. The summed E-state index contributed by atoms with van der Waals surface area (Å²) >= 11 is 7.57. The maximum absolute atomic E-state index is 6.27. The molecule has 1 aliphatic heterocycles. The Bertz CT molecular complexity index is 932. The zero-order chi connectivity index (χ0) is 18.8. The topological polar surface area (TPSA) is 56.7 Å². The van der Waals surface area contributed by atoms with Crippen molar-refractivity contribution in [3.05, 3.63) is 41.0 Å². The van der Waals surface area contributed by atoms with E-state index in [1.807, 2.05) is 30.3 Å². The van der Waals surface area contributed by atoms with Crippen molar-refractivity contribution in [2.45, 2.75) is 19.6 Å². The molecule has 0 saturated carbocycles. The zero-order valence-corrected chi connectivity index (χ0v) is 16.7. The van der Waals surface area contributed by atoms with E-state index in [2.05, 4.69) is 16.2 Å². The third-order valence-corrected chi connectivity index (χ3v) is 5.77. The Balaban J connectivity index is 1.63. The molecule has 0 spiro atoms. The average molecular weight is 406 g/mol. The highest BCUT2D eigenvalue weighted by Crippen LogP contribution is 2.36. The number of anilines is 1. The standard InChI is InChI=1S/C19H20ClN3O3S/c1-12-10-25-8-7-23(12)16-9-15(18-17(21-16)19(20)22-27-18)26-11-13-3-5-14(24-2)6-4-13/h3-6,9,12H,7-8,10-11H2,1-2H3/t12-/m1/s1. The first-order valence-corrected chi connectivity index (χ1v) is 9.87. The van der Waals surface area contributed by atoms with Gasteiger partial charge >= 0.3 is 0 Å². The molecule has 0 radical (unpaired) electrons. The molecule has 2 aromatic heterocycles. The molecule has 1 atom stereocenters. The highest BCUT2D eigenvalue weighted by atomic mass is 35.5. The van der Waals surface area contributed by atoms with Gasteiger partial charge in [-0.3, -0.25) is 0 Å². The van der Waals surface area contributed by atoms with Gasteiger partial charge in [-0.05, 0) is 36.2 Å². The largest absolute Gasteiger partial charge is 0.497 e. The van der Waals surface area contributed by atoms with Gasteiger partial charge in [-0.15, -0.1) is 0 Å². The van der Waals surface area contributed by atoms with Crippen LogP contribution in [0.1, 0.15) is 12.5 Å². The van der Waals surface area contributed by atoms with Crippen molar-refractivity contribution >= 4 is 39.2 Å². The Morgan fingerprint density at radius 2 is 2.15 bits per heavy atom. The monoisotopic (exact) mass is 405 g/mol. The lowest BCUT2D eigenvalue weighted by Gasteiger charge is -2.34. The van der Waals surface area contributed by atoms with Crippen LogP contribution in [0.2, 0.25) is 5.15 Å². The summed E-state index contributed by atoms with van der Waals surface area (Å²) < 4.78 is 22.0. The number of hydrogen-bond donors (Lipinski definition) is 0. The van der Waals surface area contributed by atoms with Gasteiger partial charge in [0.25, 0.3) is 0 Å². The number of benzene rings is 1. The fourth-order valence-electron chi connectivity index (χ4n) is 3.06. The molecule has 0 aliphatic carbocycles. The Morgan fingerprint density at radius 1 is 1.33 bits per heavy atom. The quantitative estimate of drug-likeness (QED) is 0.635. The molecule has 0 bridgehead atoms. The van der Waals surface area contributed by atoms with E-state index in [0.717, 1.165) is 34.1 Å². The third-order valence-electron chi connectivity index (χ3n) is 4.55. The SMILES string of the molecule is COc1ccc(COc2cc(N3CCOC[C@H]3C)nc3c(Cl)nsc23)cc1. The van der Waals surface area contributed by atoms with Gasteiger partial charge in [-0.1, -0.05) is 23.7 Å². The van der Waals surface area contributed by atoms with Crippen molar-refractivity contribution in [3.8, 4) is 11.5 Å². The number of nitrogens with zero attached hydrogens (tertiary/aromatic N) is 3. The number of fused-ring (bicyclic) bond motifs is 1. The normalized spacial score (nSPS) is 17.3. The first kappa shape index (κ1) is 18.3. The van der Waals surface area contributed by atoms with Crippen LogP contribution in [0.25, 0.3) is 10.2 Å². The van der Waals surface area contributed by atoms with Crippen LogP contribution in [0.4, 0.5) is 5.82 Å². The summed E-state index contributed by atoms with van der Waals surface area (Å²) in [5.74, 6) is 2.40. The second-order valence-electron chi connectivity index (χ2n) is 6.38. The fraction of sp³-hybridized carbons (Fsp3) is 0.368. The molecule has 4 rings (SSSR count). The molecule has 0 unspecified atom stereocenters. The van der Waals surface area contributed by atoms with Gasteiger partial charge in [0.05, 0.1) is 26.4 Å². The predicted molar refractivity (Wildman–Crippen MR) is 107 cm³/mol. The van der Waals surface area contributed by atoms with Crippen molar-refractivity contribution < 1.29 is 14.2 Å². The summed E-state index contributed by atoms with van der Waals surface area (Å²) in [6.45, 7) is 4.71. The molecule has 1 saturated heterocycles. The Hall–Kier alpha value is -2.09. The van der Waals surface area contributed by atoms with E-state index < -0.39 is 0 Å². The molecule has 8 heteroatoms. The highest BCUT2D eigenvalue weighted by molar-refractivity contribution is 7.14. The summed E-state index contributed by atoms with van der Waals surface area (Å²) in [4.78, 5) is 6.96. The molecule has 1 fully saturated rings. The average Bonchev–Trinajstić information content (AvgIpc) is 3.08. The van der Waals surface area contributed by atoms with Crippen molar-refractivity contribution in [1.82, 2.24) is 9.36 Å². The molecule has 6 nitrogen and oxygen atoms in total. The van der Waals surface area contributed by atoms with Crippen molar-refractivity contribution in [2.75, 3.05) is 31.8 Å². The van der Waals surface area contributed by atoms with Crippen LogP contribution in [0.5, 0.6) is 11.5 Å². The summed E-state index contributed by atoms with van der Waals surface area (Å²) in [6, 6.07) is 10.0. The summed E-state index contributed by atoms with van der Waals surface area (Å²) in [6.07, 6.45) is 0. The van der Waals surface area contributed by atoms with Gasteiger partial charge in [0, 0.05) is 12.6 Å². The van der Waals surface area contributed by atoms with Crippen LogP contribution >= 0.6 is 23.1 Å². The Morgan fingerprint density at radius 3 is 2.89 bits per heavy atom. The van der Waals surface area contributed by atoms with Gasteiger partial charge in [0.1, 0.15) is 34.1 Å². The molecule has 0 amide bonds. The van der Waals surface area contributed by atoms with Crippen LogP contribution < -0.4 is 14.4 Å². The number of halogens is 1. The smallest absolute Gasteiger partial charge is 0.169 e. The van der Waals surface area contributed by atoms with Crippen LogP contribution in [0.3, 0.4) is 0 Å². The minimum atomic E-state index is 0.239. The molecule has 142 valence electrons. The van der Waals surface area contributed by atoms with Crippen LogP contribution in [-0.4, -0.2) is 42.3 Å². The lowest BCUT2D eigenvalue weighted by atomic mass is 10.2. The second kappa shape index (κ2) is 7.88. The van der Waals surface area contributed by atoms with Gasteiger partial charge in [0.2, 0.25) is 0 Å². The van der Waals surface area contributed by atoms with Gasteiger partial charge in [-0.25, -0.2) is 4.98 Å².